The van der Waals surface area contributed by atoms with Gasteiger partial charge in [0.15, 0.2) is 0 Å². The summed E-state index contributed by atoms with van der Waals surface area (Å²) in [7, 11) is 2.09. The molecule has 1 heterocycles. The third-order valence-electron chi connectivity index (χ3n) is 2.20. The van der Waals surface area contributed by atoms with E-state index < -0.39 is 0 Å². The van der Waals surface area contributed by atoms with Gasteiger partial charge in [-0.05, 0) is 19.1 Å². The lowest BCUT2D eigenvalue weighted by Crippen LogP contribution is -1.98. The zero-order valence-corrected chi connectivity index (χ0v) is 6.86. The van der Waals surface area contributed by atoms with E-state index in [0.717, 1.165) is 0 Å². The van der Waals surface area contributed by atoms with Gasteiger partial charge in [0, 0.05) is 7.05 Å². The molecule has 58 valence electrons. The Hall–Kier alpha value is -1.02. The van der Waals surface area contributed by atoms with Crippen LogP contribution in [0.3, 0.4) is 0 Å². The topological polar surface area (TPSA) is 6.02 Å². The van der Waals surface area contributed by atoms with Gasteiger partial charge in [0.25, 0.3) is 0 Å². The molecule has 0 aromatic heterocycles. The number of hydrogen-bond acceptors (Lipinski definition) is 2. The Morgan fingerprint density at radius 1 is 1.18 bits per heavy atom. The van der Waals surface area contributed by atoms with Crippen molar-refractivity contribution in [3.05, 3.63) is 30.3 Å². The van der Waals surface area contributed by atoms with Crippen molar-refractivity contribution in [2.45, 2.75) is 13.1 Å². The average molecular weight is 148 g/mol. The summed E-state index contributed by atoms with van der Waals surface area (Å²) in [4.78, 5) is 0. The first-order valence-electron chi connectivity index (χ1n) is 3.88. The Bertz CT molecular complexity index is 237. The van der Waals surface area contributed by atoms with Crippen molar-refractivity contribution >= 4 is 5.69 Å². The first-order valence-corrected chi connectivity index (χ1v) is 3.88. The van der Waals surface area contributed by atoms with Gasteiger partial charge in [0.2, 0.25) is 0 Å². The first-order chi connectivity index (χ1) is 5.30. The van der Waals surface area contributed by atoms with Gasteiger partial charge in [-0.25, -0.2) is 0 Å². The van der Waals surface area contributed by atoms with Crippen molar-refractivity contribution in [3.8, 4) is 0 Å². The van der Waals surface area contributed by atoms with E-state index in [2.05, 4.69) is 48.3 Å². The van der Waals surface area contributed by atoms with E-state index in [0.29, 0.717) is 6.17 Å². The van der Waals surface area contributed by atoms with Gasteiger partial charge in [-0.3, -0.25) is 5.01 Å². The van der Waals surface area contributed by atoms with Gasteiger partial charge in [-0.2, -0.15) is 5.01 Å². The smallest absolute Gasteiger partial charge is 0.112 e. The molecule has 0 saturated carbocycles. The lowest BCUT2D eigenvalue weighted by molar-refractivity contribution is 0.625. The minimum atomic E-state index is 0.567. The quantitative estimate of drug-likeness (QED) is 0.559. The predicted octanol–water partition coefficient (Wildman–Crippen LogP) is 1.70. The highest BCUT2D eigenvalue weighted by atomic mass is 15.8. The molecule has 2 atom stereocenters. The SMILES string of the molecule is CC1N(C)N1c1ccccc1. The molecule has 0 N–H and O–H groups in total. The number of nitrogens with zero attached hydrogens (tertiary/aromatic N) is 2. The third kappa shape index (κ3) is 0.994. The van der Waals surface area contributed by atoms with Gasteiger partial charge < -0.3 is 0 Å². The van der Waals surface area contributed by atoms with Crippen LogP contribution in [0.2, 0.25) is 0 Å². The molecule has 0 amide bonds. The summed E-state index contributed by atoms with van der Waals surface area (Å²) in [6.07, 6.45) is 0.567. The predicted molar refractivity (Wildman–Crippen MR) is 46.1 cm³/mol. The molecule has 0 radical (unpaired) electrons. The molecule has 0 bridgehead atoms. The van der Waals surface area contributed by atoms with Crippen LogP contribution in [0.15, 0.2) is 30.3 Å². The highest BCUT2D eigenvalue weighted by molar-refractivity contribution is 5.49. The summed E-state index contributed by atoms with van der Waals surface area (Å²) in [6, 6.07) is 10.4. The number of anilines is 1. The first kappa shape index (κ1) is 6.68. The van der Waals surface area contributed by atoms with Crippen LogP contribution in [-0.2, 0) is 0 Å². The summed E-state index contributed by atoms with van der Waals surface area (Å²) in [6.45, 7) is 2.19. The van der Waals surface area contributed by atoms with Gasteiger partial charge in [0.1, 0.15) is 6.17 Å². The van der Waals surface area contributed by atoms with Crippen LogP contribution in [0.5, 0.6) is 0 Å². The second-order valence-electron chi connectivity index (χ2n) is 2.89. The lowest BCUT2D eigenvalue weighted by Gasteiger charge is -2.00. The van der Waals surface area contributed by atoms with E-state index >= 15 is 0 Å². The van der Waals surface area contributed by atoms with Crippen LogP contribution in [0, 0.1) is 0 Å². The fourth-order valence-electron chi connectivity index (χ4n) is 1.35. The summed E-state index contributed by atoms with van der Waals surface area (Å²) >= 11 is 0. The average Bonchev–Trinajstić information content (AvgIpc) is 2.62. The highest BCUT2D eigenvalue weighted by Gasteiger charge is 2.37. The number of rotatable bonds is 1. The Labute approximate surface area is 67.0 Å². The van der Waals surface area contributed by atoms with Gasteiger partial charge in [0.05, 0.1) is 5.69 Å². The molecule has 2 rings (SSSR count). The number of para-hydroxylation sites is 1. The Morgan fingerprint density at radius 2 is 1.73 bits per heavy atom. The summed E-state index contributed by atoms with van der Waals surface area (Å²) in [5.74, 6) is 0. The standard InChI is InChI=1S/C9H12N2/c1-8-10(2)11(8)9-6-4-3-5-7-9/h3-8H,1-2H3. The van der Waals surface area contributed by atoms with Crippen LogP contribution in [0.25, 0.3) is 0 Å². The number of hydrogen-bond donors (Lipinski definition) is 0. The van der Waals surface area contributed by atoms with E-state index in [1.807, 2.05) is 6.07 Å². The van der Waals surface area contributed by atoms with Crippen LogP contribution < -0.4 is 5.01 Å². The van der Waals surface area contributed by atoms with E-state index in [-0.39, 0.29) is 0 Å². The number of benzene rings is 1. The van der Waals surface area contributed by atoms with E-state index in [1.54, 1.807) is 0 Å². The Balaban J connectivity index is 2.20. The lowest BCUT2D eigenvalue weighted by atomic mass is 10.3. The largest absolute Gasteiger partial charge is 0.285 e. The van der Waals surface area contributed by atoms with Crippen molar-refractivity contribution in [1.82, 2.24) is 5.01 Å². The summed E-state index contributed by atoms with van der Waals surface area (Å²) in [5.41, 5.74) is 1.28. The van der Waals surface area contributed by atoms with Crippen molar-refractivity contribution in [1.29, 1.82) is 0 Å². The van der Waals surface area contributed by atoms with Crippen LogP contribution in [0.1, 0.15) is 6.92 Å². The molecule has 1 aromatic carbocycles. The van der Waals surface area contributed by atoms with Crippen molar-refractivity contribution in [3.63, 3.8) is 0 Å². The summed E-state index contributed by atoms with van der Waals surface area (Å²) in [5, 5.41) is 4.45. The zero-order valence-electron chi connectivity index (χ0n) is 6.86. The fourth-order valence-corrected chi connectivity index (χ4v) is 1.35. The molecule has 2 heteroatoms. The molecule has 2 unspecified atom stereocenters. The summed E-state index contributed by atoms with van der Waals surface area (Å²) < 4.78 is 0. The van der Waals surface area contributed by atoms with Crippen molar-refractivity contribution < 1.29 is 0 Å². The molecule has 1 aliphatic rings. The molecule has 1 aromatic rings. The maximum Gasteiger partial charge on any atom is 0.112 e. The normalized spacial score (nSPS) is 28.7. The van der Waals surface area contributed by atoms with Crippen LogP contribution in [-0.4, -0.2) is 18.2 Å². The maximum absolute atomic E-state index is 2.25. The Morgan fingerprint density at radius 3 is 2.18 bits per heavy atom. The van der Waals surface area contributed by atoms with Gasteiger partial charge in [-0.1, -0.05) is 18.2 Å². The molecule has 11 heavy (non-hydrogen) atoms. The minimum Gasteiger partial charge on any atom is -0.285 e. The Kier molecular flexibility index (Phi) is 1.36. The molecule has 0 aliphatic carbocycles. The zero-order chi connectivity index (χ0) is 7.84. The molecule has 2 nitrogen and oxygen atoms in total. The van der Waals surface area contributed by atoms with Crippen molar-refractivity contribution in [2.24, 2.45) is 0 Å². The molecular weight excluding hydrogens is 136 g/mol. The second-order valence-corrected chi connectivity index (χ2v) is 2.89. The molecule has 1 fully saturated rings. The molecule has 1 saturated heterocycles. The molecule has 0 spiro atoms. The van der Waals surface area contributed by atoms with Crippen LogP contribution in [0.4, 0.5) is 5.69 Å². The fraction of sp³-hybridized carbons (Fsp3) is 0.333. The molecular formula is C9H12N2. The van der Waals surface area contributed by atoms with Crippen LogP contribution >= 0.6 is 0 Å². The maximum atomic E-state index is 2.25. The monoisotopic (exact) mass is 148 g/mol. The van der Waals surface area contributed by atoms with E-state index in [4.69, 9.17) is 0 Å². The number of hydrazine groups is 1. The molecule has 1 aliphatic heterocycles. The third-order valence-corrected chi connectivity index (χ3v) is 2.20. The van der Waals surface area contributed by atoms with Crippen molar-refractivity contribution in [2.75, 3.05) is 12.1 Å². The minimum absolute atomic E-state index is 0.567. The highest BCUT2D eigenvalue weighted by Crippen LogP contribution is 2.30. The van der Waals surface area contributed by atoms with Gasteiger partial charge in [-0.15, -0.1) is 0 Å². The van der Waals surface area contributed by atoms with E-state index in [1.165, 1.54) is 5.69 Å². The second kappa shape index (κ2) is 2.24. The van der Waals surface area contributed by atoms with Gasteiger partial charge >= 0.3 is 0 Å². The van der Waals surface area contributed by atoms with E-state index in [9.17, 15) is 0 Å².